The summed E-state index contributed by atoms with van der Waals surface area (Å²) in [4.78, 5) is 57.6. The summed E-state index contributed by atoms with van der Waals surface area (Å²) in [5.41, 5.74) is 1.99. The molecule has 2 heterocycles. The first-order valence-corrected chi connectivity index (χ1v) is 14.6. The van der Waals surface area contributed by atoms with Gasteiger partial charge in [0, 0.05) is 55.3 Å². The van der Waals surface area contributed by atoms with E-state index in [1.54, 1.807) is 16.7 Å². The second kappa shape index (κ2) is 12.2. The molecule has 1 aromatic rings. The number of ether oxygens (including phenoxy) is 1. The van der Waals surface area contributed by atoms with Gasteiger partial charge in [-0.25, -0.2) is 4.79 Å². The molecule has 0 bridgehead atoms. The average molecular weight is 557 g/mol. The van der Waals surface area contributed by atoms with Gasteiger partial charge in [0.05, 0.1) is 6.04 Å². The largest absolute Gasteiger partial charge is 0.444 e. The van der Waals surface area contributed by atoms with Crippen molar-refractivity contribution in [1.29, 1.82) is 0 Å². The molecule has 9 heteroatoms. The number of piperidine rings is 1. The highest BCUT2D eigenvalue weighted by molar-refractivity contribution is 6.03. The Labute approximate surface area is 239 Å². The standard InChI is InChI=1S/C31H48N4O5/c1-10-26(36)32-13-15-34-25-17-24(21(4)16-22(25)18-31(8,9)28(34)38)27(37)35(20(2)3)23-12-11-14-33(19-23)29(39)40-30(5,6)7/h16-17,20,23H,10-15,18-19H2,1-9H3,(H,32,36)/t23-/m1/s1. The molecule has 3 rings (SSSR count). The summed E-state index contributed by atoms with van der Waals surface area (Å²) >= 11 is 0. The van der Waals surface area contributed by atoms with Crippen molar-refractivity contribution < 1.29 is 23.9 Å². The van der Waals surface area contributed by atoms with E-state index >= 15 is 0 Å². The number of amides is 4. The van der Waals surface area contributed by atoms with Crippen LogP contribution >= 0.6 is 0 Å². The summed E-state index contributed by atoms with van der Waals surface area (Å²) in [6.07, 6.45) is 2.18. The van der Waals surface area contributed by atoms with Gasteiger partial charge in [0.2, 0.25) is 11.8 Å². The molecule has 0 spiro atoms. The Kier molecular flexibility index (Phi) is 9.58. The molecule has 0 aromatic heterocycles. The molecule has 1 atom stereocenters. The fraction of sp³-hybridized carbons (Fsp3) is 0.677. The number of likely N-dealkylation sites (tertiary alicyclic amines) is 1. The lowest BCUT2D eigenvalue weighted by atomic mass is 9.79. The van der Waals surface area contributed by atoms with Crippen LogP contribution < -0.4 is 10.2 Å². The summed E-state index contributed by atoms with van der Waals surface area (Å²) in [6.45, 7) is 18.8. The summed E-state index contributed by atoms with van der Waals surface area (Å²) in [5.74, 6) is -0.193. The molecule has 9 nitrogen and oxygen atoms in total. The van der Waals surface area contributed by atoms with Gasteiger partial charge in [0.25, 0.3) is 5.91 Å². The van der Waals surface area contributed by atoms with Crippen molar-refractivity contribution >= 4 is 29.5 Å². The SMILES string of the molecule is CCC(=O)NCCN1C(=O)C(C)(C)Cc2cc(C)c(C(=O)N(C(C)C)[C@@H]3CCCN(C(=O)OC(C)(C)C)C3)cc21. The van der Waals surface area contributed by atoms with Gasteiger partial charge < -0.3 is 24.8 Å². The molecule has 1 saturated heterocycles. The topological polar surface area (TPSA) is 99.3 Å². The van der Waals surface area contributed by atoms with E-state index in [0.717, 1.165) is 29.7 Å². The third-order valence-electron chi connectivity index (χ3n) is 7.61. The third kappa shape index (κ3) is 7.15. The summed E-state index contributed by atoms with van der Waals surface area (Å²) < 4.78 is 5.60. The quantitative estimate of drug-likeness (QED) is 0.526. The highest BCUT2D eigenvalue weighted by atomic mass is 16.6. The zero-order valence-electron chi connectivity index (χ0n) is 25.8. The van der Waals surface area contributed by atoms with Crippen molar-refractivity contribution in [1.82, 2.24) is 15.1 Å². The van der Waals surface area contributed by atoms with Crippen molar-refractivity contribution in [3.8, 4) is 0 Å². The first-order chi connectivity index (χ1) is 18.6. The zero-order chi connectivity index (χ0) is 30.0. The maximum absolute atomic E-state index is 14.2. The third-order valence-corrected chi connectivity index (χ3v) is 7.61. The van der Waals surface area contributed by atoms with Gasteiger partial charge in [-0.2, -0.15) is 0 Å². The van der Waals surface area contributed by atoms with Crippen LogP contribution in [0, 0.1) is 12.3 Å². The molecule has 0 unspecified atom stereocenters. The minimum atomic E-state index is -0.588. The lowest BCUT2D eigenvalue weighted by Gasteiger charge is -2.42. The molecule has 2 aliphatic rings. The van der Waals surface area contributed by atoms with Gasteiger partial charge in [0.1, 0.15) is 5.60 Å². The van der Waals surface area contributed by atoms with E-state index in [1.807, 2.05) is 72.4 Å². The maximum Gasteiger partial charge on any atom is 0.410 e. The number of benzene rings is 1. The Morgan fingerprint density at radius 3 is 2.48 bits per heavy atom. The average Bonchev–Trinajstić information content (AvgIpc) is 2.84. The Balaban J connectivity index is 1.92. The Hall–Kier alpha value is -3.10. The smallest absolute Gasteiger partial charge is 0.410 e. The second-order valence-corrected chi connectivity index (χ2v) is 13.0. The fourth-order valence-electron chi connectivity index (χ4n) is 5.70. The molecule has 0 radical (unpaired) electrons. The van der Waals surface area contributed by atoms with Crippen LogP contribution in [0.3, 0.4) is 0 Å². The van der Waals surface area contributed by atoms with Gasteiger partial charge in [-0.3, -0.25) is 14.4 Å². The lowest BCUT2D eigenvalue weighted by Crippen LogP contribution is -2.54. The van der Waals surface area contributed by atoms with Crippen LogP contribution in [0.15, 0.2) is 12.1 Å². The first kappa shape index (κ1) is 31.4. The van der Waals surface area contributed by atoms with Crippen LogP contribution in [0.1, 0.15) is 96.1 Å². The molecule has 1 N–H and O–H groups in total. The predicted octanol–water partition coefficient (Wildman–Crippen LogP) is 4.69. The Bertz CT molecular complexity index is 1140. The van der Waals surface area contributed by atoms with Crippen LogP contribution in [0.4, 0.5) is 10.5 Å². The highest BCUT2D eigenvalue weighted by Crippen LogP contribution is 2.39. The van der Waals surface area contributed by atoms with Gasteiger partial charge >= 0.3 is 6.09 Å². The molecule has 40 heavy (non-hydrogen) atoms. The molecule has 2 aliphatic heterocycles. The maximum atomic E-state index is 14.2. The minimum absolute atomic E-state index is 0.0194. The fourth-order valence-corrected chi connectivity index (χ4v) is 5.70. The van der Waals surface area contributed by atoms with Gasteiger partial charge in [0.15, 0.2) is 0 Å². The van der Waals surface area contributed by atoms with Crippen molar-refractivity contribution in [3.05, 3.63) is 28.8 Å². The number of aryl methyl sites for hydroxylation is 1. The zero-order valence-corrected chi connectivity index (χ0v) is 25.8. The van der Waals surface area contributed by atoms with Crippen molar-refractivity contribution in [2.75, 3.05) is 31.1 Å². The number of anilines is 1. The van der Waals surface area contributed by atoms with Crippen LogP contribution in [0.25, 0.3) is 0 Å². The van der Waals surface area contributed by atoms with Crippen LogP contribution in [-0.2, 0) is 20.7 Å². The van der Waals surface area contributed by atoms with Crippen LogP contribution in [-0.4, -0.2) is 77.5 Å². The number of nitrogens with one attached hydrogen (secondary N) is 1. The van der Waals surface area contributed by atoms with Gasteiger partial charge in [-0.05, 0) is 78.0 Å². The van der Waals surface area contributed by atoms with E-state index in [1.165, 1.54) is 0 Å². The molecule has 0 saturated carbocycles. The molecule has 0 aliphatic carbocycles. The van der Waals surface area contributed by atoms with Crippen molar-refractivity contribution in [2.45, 2.75) is 106 Å². The molecule has 222 valence electrons. The molecular weight excluding hydrogens is 508 g/mol. The van der Waals surface area contributed by atoms with E-state index in [2.05, 4.69) is 5.32 Å². The van der Waals surface area contributed by atoms with Gasteiger partial charge in [-0.15, -0.1) is 0 Å². The number of fused-ring (bicyclic) bond motifs is 1. The van der Waals surface area contributed by atoms with E-state index in [9.17, 15) is 19.2 Å². The summed E-state index contributed by atoms with van der Waals surface area (Å²) in [7, 11) is 0. The number of rotatable bonds is 7. The number of carbonyl (C=O) groups excluding carboxylic acids is 4. The predicted molar refractivity (Wildman–Crippen MR) is 156 cm³/mol. The highest BCUT2D eigenvalue weighted by Gasteiger charge is 2.40. The van der Waals surface area contributed by atoms with Gasteiger partial charge in [-0.1, -0.05) is 26.8 Å². The number of hydrogen-bond donors (Lipinski definition) is 1. The Morgan fingerprint density at radius 2 is 1.88 bits per heavy atom. The lowest BCUT2D eigenvalue weighted by molar-refractivity contribution is -0.127. The minimum Gasteiger partial charge on any atom is -0.444 e. The van der Waals surface area contributed by atoms with E-state index in [4.69, 9.17) is 4.74 Å². The molecular formula is C31H48N4O5. The number of hydrogen-bond acceptors (Lipinski definition) is 5. The van der Waals surface area contributed by atoms with Crippen molar-refractivity contribution in [3.63, 3.8) is 0 Å². The number of carbonyl (C=O) groups is 4. The van der Waals surface area contributed by atoms with E-state index < -0.39 is 11.0 Å². The molecule has 4 amide bonds. The van der Waals surface area contributed by atoms with Crippen LogP contribution in [0.5, 0.6) is 0 Å². The molecule has 1 aromatic carbocycles. The van der Waals surface area contributed by atoms with Crippen molar-refractivity contribution in [2.24, 2.45) is 5.41 Å². The summed E-state index contributed by atoms with van der Waals surface area (Å²) in [5, 5.41) is 2.86. The molecule has 1 fully saturated rings. The van der Waals surface area contributed by atoms with Crippen LogP contribution in [0.2, 0.25) is 0 Å². The second-order valence-electron chi connectivity index (χ2n) is 13.0. The van der Waals surface area contributed by atoms with E-state index in [-0.39, 0.29) is 35.9 Å². The number of nitrogens with zero attached hydrogens (tertiary/aromatic N) is 3. The summed E-state index contributed by atoms with van der Waals surface area (Å²) in [6, 6.07) is 3.64. The first-order valence-electron chi connectivity index (χ1n) is 14.6. The monoisotopic (exact) mass is 556 g/mol. The Morgan fingerprint density at radius 1 is 1.20 bits per heavy atom. The van der Waals surface area contributed by atoms with E-state index in [0.29, 0.717) is 44.6 Å². The normalized spacial score (nSPS) is 18.9.